The maximum absolute atomic E-state index is 13.7. The molecule has 98 valence electrons. The van der Waals surface area contributed by atoms with Crippen molar-refractivity contribution in [1.82, 2.24) is 10.2 Å². The molecule has 2 saturated heterocycles. The number of alkyl halides is 2. The van der Waals surface area contributed by atoms with Crippen molar-refractivity contribution in [1.29, 1.82) is 0 Å². The van der Waals surface area contributed by atoms with Crippen molar-refractivity contribution >= 4 is 6.09 Å². The number of fused-ring (bicyclic) bond motifs is 2. The Labute approximate surface area is 99.3 Å². The standard InChI is InChI=1S/C11H18F2N2O2/c1-10(2,3)17-9(16)15-7-4-11(12,13)8(15)6-14-5-7/h7-8,14H,4-6H2,1-3H3. The Hall–Kier alpha value is -0.910. The number of hydrogen-bond donors (Lipinski definition) is 1. The Morgan fingerprint density at radius 3 is 2.59 bits per heavy atom. The summed E-state index contributed by atoms with van der Waals surface area (Å²) >= 11 is 0. The van der Waals surface area contributed by atoms with Gasteiger partial charge >= 0.3 is 6.09 Å². The Kier molecular flexibility index (Phi) is 2.80. The number of rotatable bonds is 0. The molecule has 17 heavy (non-hydrogen) atoms. The average Bonchev–Trinajstić information content (AvgIpc) is 2.27. The second-order valence-electron chi connectivity index (χ2n) is 5.68. The third-order valence-corrected chi connectivity index (χ3v) is 3.05. The van der Waals surface area contributed by atoms with Gasteiger partial charge in [-0.25, -0.2) is 13.6 Å². The van der Waals surface area contributed by atoms with E-state index in [0.717, 1.165) is 0 Å². The van der Waals surface area contributed by atoms with Crippen LogP contribution in [0.4, 0.5) is 13.6 Å². The zero-order valence-electron chi connectivity index (χ0n) is 10.3. The van der Waals surface area contributed by atoms with Crippen molar-refractivity contribution in [3.8, 4) is 0 Å². The largest absolute Gasteiger partial charge is 0.444 e. The van der Waals surface area contributed by atoms with Crippen LogP contribution in [0.2, 0.25) is 0 Å². The second-order valence-corrected chi connectivity index (χ2v) is 5.68. The van der Waals surface area contributed by atoms with E-state index in [1.807, 2.05) is 0 Å². The summed E-state index contributed by atoms with van der Waals surface area (Å²) in [5, 5.41) is 2.92. The maximum atomic E-state index is 13.7. The van der Waals surface area contributed by atoms with E-state index in [-0.39, 0.29) is 13.0 Å². The zero-order valence-corrected chi connectivity index (χ0v) is 10.3. The van der Waals surface area contributed by atoms with E-state index in [4.69, 9.17) is 4.74 Å². The highest BCUT2D eigenvalue weighted by Gasteiger charge is 2.58. The number of hydrogen-bond acceptors (Lipinski definition) is 3. The first-order valence-corrected chi connectivity index (χ1v) is 5.80. The van der Waals surface area contributed by atoms with Gasteiger partial charge < -0.3 is 10.1 Å². The molecule has 2 bridgehead atoms. The lowest BCUT2D eigenvalue weighted by atomic mass is 10.1. The summed E-state index contributed by atoms with van der Waals surface area (Å²) in [6.45, 7) is 5.72. The predicted octanol–water partition coefficient (Wildman–Crippen LogP) is 1.60. The van der Waals surface area contributed by atoms with Gasteiger partial charge in [-0.15, -0.1) is 0 Å². The molecule has 2 heterocycles. The van der Waals surface area contributed by atoms with E-state index in [1.165, 1.54) is 4.90 Å². The fourth-order valence-electron chi connectivity index (χ4n) is 2.40. The third-order valence-electron chi connectivity index (χ3n) is 3.05. The molecule has 4 nitrogen and oxygen atoms in total. The van der Waals surface area contributed by atoms with E-state index in [1.54, 1.807) is 20.8 Å². The van der Waals surface area contributed by atoms with Crippen LogP contribution < -0.4 is 5.32 Å². The fourth-order valence-corrected chi connectivity index (χ4v) is 2.40. The highest BCUT2D eigenvalue weighted by molar-refractivity contribution is 5.70. The molecule has 2 fully saturated rings. The van der Waals surface area contributed by atoms with E-state index in [9.17, 15) is 13.6 Å². The van der Waals surface area contributed by atoms with Crippen LogP contribution in [0.3, 0.4) is 0 Å². The molecule has 1 N–H and O–H groups in total. The fraction of sp³-hybridized carbons (Fsp3) is 0.909. The minimum Gasteiger partial charge on any atom is -0.444 e. The van der Waals surface area contributed by atoms with Crippen LogP contribution in [0.15, 0.2) is 0 Å². The molecule has 0 saturated carbocycles. The molecule has 2 aliphatic rings. The first-order chi connectivity index (χ1) is 7.71. The van der Waals surface area contributed by atoms with Gasteiger partial charge in [0.25, 0.3) is 5.92 Å². The summed E-state index contributed by atoms with van der Waals surface area (Å²) in [6, 6.07) is -1.53. The number of nitrogens with zero attached hydrogens (tertiary/aromatic N) is 1. The molecule has 0 aromatic carbocycles. The van der Waals surface area contributed by atoms with Crippen molar-refractivity contribution < 1.29 is 18.3 Å². The Balaban J connectivity index is 2.14. The predicted molar refractivity (Wildman–Crippen MR) is 58.1 cm³/mol. The third kappa shape index (κ3) is 2.36. The molecule has 2 atom stereocenters. The van der Waals surface area contributed by atoms with Crippen molar-refractivity contribution in [2.45, 2.75) is 50.8 Å². The lowest BCUT2D eigenvalue weighted by Crippen LogP contribution is -2.57. The van der Waals surface area contributed by atoms with Gasteiger partial charge in [0.05, 0.1) is 6.04 Å². The van der Waals surface area contributed by atoms with Crippen LogP contribution in [0.1, 0.15) is 27.2 Å². The molecular weight excluding hydrogens is 230 g/mol. The molecular formula is C11H18F2N2O2. The van der Waals surface area contributed by atoms with Gasteiger partial charge in [0.1, 0.15) is 11.6 Å². The van der Waals surface area contributed by atoms with Crippen LogP contribution in [0.25, 0.3) is 0 Å². The van der Waals surface area contributed by atoms with Crippen LogP contribution in [-0.4, -0.2) is 47.7 Å². The molecule has 2 aliphatic heterocycles. The normalized spacial score (nSPS) is 31.5. The number of halogens is 2. The molecule has 0 radical (unpaired) electrons. The van der Waals surface area contributed by atoms with E-state index in [0.29, 0.717) is 6.54 Å². The summed E-state index contributed by atoms with van der Waals surface area (Å²) in [6.07, 6.45) is -0.907. The molecule has 6 heteroatoms. The Bertz CT molecular complexity index is 328. The minimum atomic E-state index is -2.81. The molecule has 2 unspecified atom stereocenters. The summed E-state index contributed by atoms with van der Waals surface area (Å²) in [4.78, 5) is 13.1. The van der Waals surface area contributed by atoms with Gasteiger partial charge in [0.2, 0.25) is 0 Å². The van der Waals surface area contributed by atoms with Gasteiger partial charge in [-0.2, -0.15) is 0 Å². The second kappa shape index (κ2) is 3.80. The van der Waals surface area contributed by atoms with E-state index < -0.39 is 29.7 Å². The molecule has 2 rings (SSSR count). The monoisotopic (exact) mass is 248 g/mol. The number of nitrogens with one attached hydrogen (secondary N) is 1. The maximum Gasteiger partial charge on any atom is 0.411 e. The highest BCUT2D eigenvalue weighted by Crippen LogP contribution is 2.40. The van der Waals surface area contributed by atoms with E-state index in [2.05, 4.69) is 5.32 Å². The SMILES string of the molecule is CC(C)(C)OC(=O)N1C2CNCC1C(F)(F)C2. The summed E-state index contributed by atoms with van der Waals surface area (Å²) in [5.41, 5.74) is -0.656. The molecule has 0 aromatic heterocycles. The van der Waals surface area contributed by atoms with Gasteiger partial charge in [0, 0.05) is 19.5 Å². The van der Waals surface area contributed by atoms with Gasteiger partial charge in [-0.3, -0.25) is 4.90 Å². The number of carbonyl (C=O) groups is 1. The van der Waals surface area contributed by atoms with Crippen molar-refractivity contribution in [2.75, 3.05) is 13.1 Å². The van der Waals surface area contributed by atoms with Crippen molar-refractivity contribution in [3.63, 3.8) is 0 Å². The van der Waals surface area contributed by atoms with Gasteiger partial charge in [0.15, 0.2) is 0 Å². The lowest BCUT2D eigenvalue weighted by molar-refractivity contribution is -0.0428. The summed E-state index contributed by atoms with van der Waals surface area (Å²) in [5.74, 6) is -2.81. The number of amides is 1. The van der Waals surface area contributed by atoms with Crippen LogP contribution >= 0.6 is 0 Å². The number of carbonyl (C=O) groups excluding carboxylic acids is 1. The first-order valence-electron chi connectivity index (χ1n) is 5.80. The molecule has 1 amide bonds. The van der Waals surface area contributed by atoms with E-state index >= 15 is 0 Å². The smallest absolute Gasteiger partial charge is 0.411 e. The molecule has 0 spiro atoms. The van der Waals surface area contributed by atoms with Gasteiger partial charge in [-0.05, 0) is 20.8 Å². The number of piperazine rings is 1. The quantitative estimate of drug-likeness (QED) is 0.708. The summed E-state index contributed by atoms with van der Waals surface area (Å²) in [7, 11) is 0. The minimum absolute atomic E-state index is 0.128. The van der Waals surface area contributed by atoms with Crippen molar-refractivity contribution in [2.24, 2.45) is 0 Å². The molecule has 0 aromatic rings. The van der Waals surface area contributed by atoms with Crippen molar-refractivity contribution in [3.05, 3.63) is 0 Å². The Morgan fingerprint density at radius 1 is 1.41 bits per heavy atom. The Morgan fingerprint density at radius 2 is 2.06 bits per heavy atom. The van der Waals surface area contributed by atoms with Gasteiger partial charge in [-0.1, -0.05) is 0 Å². The zero-order chi connectivity index (χ0) is 12.8. The average molecular weight is 248 g/mol. The van der Waals surface area contributed by atoms with Crippen LogP contribution in [0.5, 0.6) is 0 Å². The number of ether oxygens (including phenoxy) is 1. The summed E-state index contributed by atoms with van der Waals surface area (Å²) < 4.78 is 32.5. The molecule has 0 aliphatic carbocycles. The topological polar surface area (TPSA) is 41.6 Å². The van der Waals surface area contributed by atoms with Crippen LogP contribution in [-0.2, 0) is 4.74 Å². The van der Waals surface area contributed by atoms with Crippen LogP contribution in [0, 0.1) is 0 Å². The highest BCUT2D eigenvalue weighted by atomic mass is 19.3. The first kappa shape index (κ1) is 12.5. The lowest BCUT2D eigenvalue weighted by Gasteiger charge is -2.36.